The molecule has 0 fully saturated rings. The lowest BCUT2D eigenvalue weighted by atomic mass is 10.2. The first-order valence-corrected chi connectivity index (χ1v) is 8.10. The highest BCUT2D eigenvalue weighted by molar-refractivity contribution is 6.39. The van der Waals surface area contributed by atoms with Gasteiger partial charge in [0.2, 0.25) is 0 Å². The lowest BCUT2D eigenvalue weighted by Gasteiger charge is -2.10. The van der Waals surface area contributed by atoms with Gasteiger partial charge in [0, 0.05) is 18.0 Å². The van der Waals surface area contributed by atoms with Crippen LogP contribution in [0.1, 0.15) is 0 Å². The number of hydrogen-bond acceptors (Lipinski definition) is 5. The van der Waals surface area contributed by atoms with E-state index in [1.807, 2.05) is 6.07 Å². The summed E-state index contributed by atoms with van der Waals surface area (Å²) in [5.41, 5.74) is 0.697. The quantitative estimate of drug-likeness (QED) is 0.560. The largest absolute Gasteiger partial charge is 0.493 e. The Morgan fingerprint density at radius 2 is 1.77 bits per heavy atom. The zero-order valence-electron chi connectivity index (χ0n) is 14.0. The van der Waals surface area contributed by atoms with Gasteiger partial charge < -0.3 is 20.1 Å². The number of halogens is 2. The minimum absolute atomic E-state index is 0.157. The molecule has 0 atom stereocenters. The molecule has 0 unspecified atom stereocenters. The number of para-hydroxylation sites is 1. The first-order valence-electron chi connectivity index (χ1n) is 7.34. The predicted octanol–water partition coefficient (Wildman–Crippen LogP) is 4.47. The van der Waals surface area contributed by atoms with Crippen molar-refractivity contribution < 1.29 is 14.3 Å². The van der Waals surface area contributed by atoms with Crippen LogP contribution < -0.4 is 20.1 Å². The highest BCUT2D eigenvalue weighted by atomic mass is 35.5. The van der Waals surface area contributed by atoms with E-state index >= 15 is 0 Å². The summed E-state index contributed by atoms with van der Waals surface area (Å²) in [6.07, 6.45) is 1.24. The lowest BCUT2D eigenvalue weighted by Crippen LogP contribution is -2.14. The van der Waals surface area contributed by atoms with Crippen molar-refractivity contribution in [2.45, 2.75) is 0 Å². The van der Waals surface area contributed by atoms with Gasteiger partial charge >= 0.3 is 0 Å². The Kier molecular flexibility index (Phi) is 6.73. The summed E-state index contributed by atoms with van der Waals surface area (Å²) in [5, 5.41) is 15.4. The molecule has 0 aromatic heterocycles. The molecular formula is C18H15Cl2N3O3. The molecule has 0 aliphatic rings. The van der Waals surface area contributed by atoms with Crippen LogP contribution in [0, 0.1) is 11.3 Å². The topological polar surface area (TPSA) is 83.4 Å². The van der Waals surface area contributed by atoms with E-state index in [-0.39, 0.29) is 5.57 Å². The molecule has 0 aliphatic heterocycles. The van der Waals surface area contributed by atoms with Gasteiger partial charge in [0.05, 0.1) is 30.0 Å². The normalized spacial score (nSPS) is 10.7. The van der Waals surface area contributed by atoms with Crippen LogP contribution in [-0.4, -0.2) is 20.1 Å². The second-order valence-electron chi connectivity index (χ2n) is 4.93. The second kappa shape index (κ2) is 8.99. The minimum atomic E-state index is -0.601. The van der Waals surface area contributed by atoms with Crippen LogP contribution in [-0.2, 0) is 4.79 Å². The van der Waals surface area contributed by atoms with Gasteiger partial charge in [-0.05, 0) is 24.3 Å². The Balaban J connectivity index is 2.17. The van der Waals surface area contributed by atoms with Crippen LogP contribution in [0.3, 0.4) is 0 Å². The molecule has 134 valence electrons. The van der Waals surface area contributed by atoms with Crippen molar-refractivity contribution in [3.05, 3.63) is 58.2 Å². The third kappa shape index (κ3) is 4.60. The third-order valence-electron chi connectivity index (χ3n) is 3.33. The number of nitriles is 1. The van der Waals surface area contributed by atoms with E-state index in [2.05, 4.69) is 10.6 Å². The Bertz CT molecular complexity index is 871. The van der Waals surface area contributed by atoms with Crippen molar-refractivity contribution in [2.75, 3.05) is 24.9 Å². The maximum atomic E-state index is 12.3. The van der Waals surface area contributed by atoms with Crippen molar-refractivity contribution in [3.8, 4) is 17.6 Å². The highest BCUT2D eigenvalue weighted by Crippen LogP contribution is 2.31. The first kappa shape index (κ1) is 19.4. The zero-order chi connectivity index (χ0) is 19.1. The number of hydrogen-bond donors (Lipinski definition) is 2. The summed E-state index contributed by atoms with van der Waals surface area (Å²) < 4.78 is 10.3. The molecule has 1 amide bonds. The molecule has 0 aliphatic carbocycles. The fourth-order valence-corrected chi connectivity index (χ4v) is 2.55. The molecule has 2 aromatic rings. The van der Waals surface area contributed by atoms with E-state index in [1.54, 1.807) is 36.4 Å². The summed E-state index contributed by atoms with van der Waals surface area (Å²) in [6.45, 7) is 0. The smallest absolute Gasteiger partial charge is 0.267 e. The number of anilines is 2. The number of nitrogens with zero attached hydrogens (tertiary/aromatic N) is 1. The average Bonchev–Trinajstić information content (AvgIpc) is 2.64. The maximum absolute atomic E-state index is 12.3. The molecular weight excluding hydrogens is 377 g/mol. The number of nitrogens with one attached hydrogen (secondary N) is 2. The van der Waals surface area contributed by atoms with Gasteiger partial charge in [0.15, 0.2) is 11.5 Å². The molecule has 0 spiro atoms. The maximum Gasteiger partial charge on any atom is 0.267 e. The summed E-state index contributed by atoms with van der Waals surface area (Å²) in [6, 6.07) is 11.7. The molecule has 8 heteroatoms. The fraction of sp³-hybridized carbons (Fsp3) is 0.111. The van der Waals surface area contributed by atoms with Crippen LogP contribution >= 0.6 is 23.2 Å². The second-order valence-corrected chi connectivity index (χ2v) is 5.75. The Morgan fingerprint density at radius 3 is 2.35 bits per heavy atom. The summed E-state index contributed by atoms with van der Waals surface area (Å²) in [7, 11) is 3.00. The van der Waals surface area contributed by atoms with Gasteiger partial charge in [-0.2, -0.15) is 5.26 Å². The van der Waals surface area contributed by atoms with E-state index in [1.165, 1.54) is 20.4 Å². The highest BCUT2D eigenvalue weighted by Gasteiger charge is 2.12. The van der Waals surface area contributed by atoms with Gasteiger partial charge in [-0.3, -0.25) is 4.79 Å². The van der Waals surface area contributed by atoms with Crippen molar-refractivity contribution in [2.24, 2.45) is 0 Å². The number of carbonyl (C=O) groups excluding carboxylic acids is 1. The monoisotopic (exact) mass is 391 g/mol. The van der Waals surface area contributed by atoms with Crippen molar-refractivity contribution in [1.29, 1.82) is 5.26 Å². The fourth-order valence-electron chi connectivity index (χ4n) is 2.04. The standard InChI is InChI=1S/C18H15Cl2N3O3/c1-25-15-7-6-12(8-16(15)26-2)23-18(24)11(9-21)10-22-17-13(19)4-3-5-14(17)20/h3-8,10,22H,1-2H3,(H,23,24)/b11-10-. The SMILES string of the molecule is COc1ccc(NC(=O)/C(C#N)=C\Nc2c(Cl)cccc2Cl)cc1OC. The van der Waals surface area contributed by atoms with Gasteiger partial charge in [-0.15, -0.1) is 0 Å². The number of rotatable bonds is 6. The molecule has 2 N–H and O–H groups in total. The van der Waals surface area contributed by atoms with Crippen molar-refractivity contribution in [3.63, 3.8) is 0 Å². The van der Waals surface area contributed by atoms with Gasteiger partial charge in [0.25, 0.3) is 5.91 Å². The Hall–Kier alpha value is -2.88. The van der Waals surface area contributed by atoms with Crippen LogP contribution in [0.15, 0.2) is 48.2 Å². The van der Waals surface area contributed by atoms with E-state index in [9.17, 15) is 10.1 Å². The van der Waals surface area contributed by atoms with Crippen molar-refractivity contribution >= 4 is 40.5 Å². The van der Waals surface area contributed by atoms with Gasteiger partial charge in [0.1, 0.15) is 11.6 Å². The van der Waals surface area contributed by atoms with Crippen LogP contribution in [0.25, 0.3) is 0 Å². The van der Waals surface area contributed by atoms with Crippen molar-refractivity contribution in [1.82, 2.24) is 0 Å². The molecule has 0 saturated heterocycles. The zero-order valence-corrected chi connectivity index (χ0v) is 15.5. The summed E-state index contributed by atoms with van der Waals surface area (Å²) in [5.74, 6) is 0.376. The van der Waals surface area contributed by atoms with Crippen LogP contribution in [0.5, 0.6) is 11.5 Å². The van der Waals surface area contributed by atoms with Gasteiger partial charge in [-0.25, -0.2) is 0 Å². The van der Waals surface area contributed by atoms with E-state index in [0.29, 0.717) is 32.9 Å². The average molecular weight is 392 g/mol. The molecule has 26 heavy (non-hydrogen) atoms. The Morgan fingerprint density at radius 1 is 1.12 bits per heavy atom. The number of benzene rings is 2. The van der Waals surface area contributed by atoms with Crippen LogP contribution in [0.4, 0.5) is 11.4 Å². The Labute approximate surface area is 160 Å². The number of carbonyl (C=O) groups is 1. The number of amides is 1. The van der Waals surface area contributed by atoms with E-state index in [4.69, 9.17) is 32.7 Å². The number of ether oxygens (including phenoxy) is 2. The third-order valence-corrected chi connectivity index (χ3v) is 3.96. The summed E-state index contributed by atoms with van der Waals surface area (Å²) >= 11 is 12.1. The molecule has 0 bridgehead atoms. The minimum Gasteiger partial charge on any atom is -0.493 e. The predicted molar refractivity (Wildman–Crippen MR) is 102 cm³/mol. The van der Waals surface area contributed by atoms with E-state index < -0.39 is 5.91 Å². The molecule has 0 radical (unpaired) electrons. The summed E-state index contributed by atoms with van der Waals surface area (Å²) in [4.78, 5) is 12.3. The molecule has 0 heterocycles. The molecule has 2 aromatic carbocycles. The number of methoxy groups -OCH3 is 2. The van der Waals surface area contributed by atoms with Crippen LogP contribution in [0.2, 0.25) is 10.0 Å². The lowest BCUT2D eigenvalue weighted by molar-refractivity contribution is -0.112. The first-order chi connectivity index (χ1) is 12.5. The van der Waals surface area contributed by atoms with Gasteiger partial charge in [-0.1, -0.05) is 29.3 Å². The molecule has 6 nitrogen and oxygen atoms in total. The van der Waals surface area contributed by atoms with E-state index in [0.717, 1.165) is 0 Å². The molecule has 0 saturated carbocycles. The molecule has 2 rings (SSSR count).